The van der Waals surface area contributed by atoms with Crippen molar-refractivity contribution in [1.29, 1.82) is 0 Å². The zero-order valence-electron chi connectivity index (χ0n) is 7.66. The van der Waals surface area contributed by atoms with E-state index < -0.39 is 17.6 Å². The van der Waals surface area contributed by atoms with Gasteiger partial charge in [0.15, 0.2) is 17.3 Å². The first-order chi connectivity index (χ1) is 7.00. The number of hydrogen-bond acceptors (Lipinski definition) is 2. The number of hydrogen-bond donors (Lipinski definition) is 1. The van der Waals surface area contributed by atoms with Crippen LogP contribution in [0.2, 0.25) is 0 Å². The maximum absolute atomic E-state index is 12.9. The van der Waals surface area contributed by atoms with Crippen molar-refractivity contribution in [2.24, 2.45) is 7.05 Å². The van der Waals surface area contributed by atoms with E-state index in [9.17, 15) is 13.6 Å². The molecule has 2 rings (SSSR count). The van der Waals surface area contributed by atoms with Gasteiger partial charge in [-0.2, -0.15) is 5.10 Å². The third kappa shape index (κ3) is 1.34. The quantitative estimate of drug-likeness (QED) is 0.780. The molecule has 0 aliphatic carbocycles. The van der Waals surface area contributed by atoms with Crippen LogP contribution >= 0.6 is 0 Å². The molecule has 0 amide bonds. The number of nitrogens with zero attached hydrogens (tertiary/aromatic N) is 2. The van der Waals surface area contributed by atoms with E-state index in [-0.39, 0.29) is 16.6 Å². The first-order valence-corrected chi connectivity index (χ1v) is 4.05. The number of aromatic nitrogens is 2. The van der Waals surface area contributed by atoms with Crippen LogP contribution in [0.1, 0.15) is 10.5 Å². The van der Waals surface area contributed by atoms with Crippen LogP contribution in [0.4, 0.5) is 8.78 Å². The molecule has 0 atom stereocenters. The number of rotatable bonds is 1. The third-order valence-electron chi connectivity index (χ3n) is 2.09. The second-order valence-electron chi connectivity index (χ2n) is 3.06. The summed E-state index contributed by atoms with van der Waals surface area (Å²) in [6.45, 7) is 0. The fourth-order valence-corrected chi connectivity index (χ4v) is 1.41. The van der Waals surface area contributed by atoms with E-state index in [4.69, 9.17) is 5.11 Å². The van der Waals surface area contributed by atoms with Gasteiger partial charge in [-0.3, -0.25) is 4.68 Å². The van der Waals surface area contributed by atoms with E-state index in [2.05, 4.69) is 5.10 Å². The largest absolute Gasteiger partial charge is 0.476 e. The molecule has 0 fully saturated rings. The van der Waals surface area contributed by atoms with Gasteiger partial charge in [0, 0.05) is 18.5 Å². The predicted octanol–water partition coefficient (Wildman–Crippen LogP) is 1.55. The molecule has 0 unspecified atom stereocenters. The minimum Gasteiger partial charge on any atom is -0.476 e. The maximum atomic E-state index is 12.9. The molecular weight excluding hydrogens is 206 g/mol. The molecule has 0 aliphatic heterocycles. The highest BCUT2D eigenvalue weighted by atomic mass is 19.2. The minimum absolute atomic E-state index is 0.0869. The van der Waals surface area contributed by atoms with Crippen LogP contribution in [-0.4, -0.2) is 20.9 Å². The Kier molecular flexibility index (Phi) is 1.92. The second kappa shape index (κ2) is 3.01. The summed E-state index contributed by atoms with van der Waals surface area (Å²) in [6, 6.07) is 1.76. The van der Waals surface area contributed by atoms with Gasteiger partial charge in [0.2, 0.25) is 0 Å². The van der Waals surface area contributed by atoms with Crippen LogP contribution < -0.4 is 0 Å². The van der Waals surface area contributed by atoms with Gasteiger partial charge >= 0.3 is 5.97 Å². The summed E-state index contributed by atoms with van der Waals surface area (Å²) in [5, 5.41) is 12.5. The lowest BCUT2D eigenvalue weighted by Crippen LogP contribution is -1.99. The van der Waals surface area contributed by atoms with E-state index in [1.165, 1.54) is 11.7 Å². The number of carboxylic acid groups (broad SMARTS) is 1. The molecule has 0 bridgehead atoms. The molecular formula is C9H6F2N2O2. The van der Waals surface area contributed by atoms with E-state index in [0.717, 1.165) is 12.1 Å². The highest BCUT2D eigenvalue weighted by Crippen LogP contribution is 2.21. The number of carboxylic acids is 1. The van der Waals surface area contributed by atoms with Crippen molar-refractivity contribution in [3.8, 4) is 0 Å². The predicted molar refractivity (Wildman–Crippen MR) is 47.6 cm³/mol. The molecule has 6 heteroatoms. The lowest BCUT2D eigenvalue weighted by Gasteiger charge is -1.95. The zero-order valence-corrected chi connectivity index (χ0v) is 7.66. The Morgan fingerprint density at radius 3 is 2.60 bits per heavy atom. The normalized spacial score (nSPS) is 10.9. The Hall–Kier alpha value is -1.98. The Bertz CT molecular complexity index is 563. The SMILES string of the molecule is Cn1nc(C(=O)O)c2cc(F)c(F)cc21. The van der Waals surface area contributed by atoms with Crippen molar-refractivity contribution in [2.45, 2.75) is 0 Å². The highest BCUT2D eigenvalue weighted by Gasteiger charge is 2.17. The number of aromatic carboxylic acids is 1. The van der Waals surface area contributed by atoms with Gasteiger partial charge in [-0.15, -0.1) is 0 Å². The molecule has 0 radical (unpaired) electrons. The molecule has 0 spiro atoms. The molecule has 1 N–H and O–H groups in total. The molecule has 4 nitrogen and oxygen atoms in total. The second-order valence-corrected chi connectivity index (χ2v) is 3.06. The lowest BCUT2D eigenvalue weighted by molar-refractivity contribution is 0.0691. The Morgan fingerprint density at radius 1 is 1.40 bits per heavy atom. The first kappa shape index (κ1) is 9.57. The average Bonchev–Trinajstić information content (AvgIpc) is 2.45. The molecule has 0 saturated carbocycles. The van der Waals surface area contributed by atoms with Gasteiger partial charge in [0.1, 0.15) is 0 Å². The number of benzene rings is 1. The van der Waals surface area contributed by atoms with Crippen molar-refractivity contribution in [3.63, 3.8) is 0 Å². The summed E-state index contributed by atoms with van der Waals surface area (Å²) in [5.41, 5.74) is -0.0438. The topological polar surface area (TPSA) is 55.1 Å². The van der Waals surface area contributed by atoms with Crippen LogP contribution in [0.15, 0.2) is 12.1 Å². The summed E-state index contributed by atoms with van der Waals surface area (Å²) >= 11 is 0. The smallest absolute Gasteiger partial charge is 0.357 e. The zero-order chi connectivity index (χ0) is 11.2. The first-order valence-electron chi connectivity index (χ1n) is 4.05. The Balaban J connectivity index is 2.88. The van der Waals surface area contributed by atoms with Crippen LogP contribution in [0.5, 0.6) is 0 Å². The molecule has 78 valence electrons. The van der Waals surface area contributed by atoms with Crippen LogP contribution in [0.25, 0.3) is 10.9 Å². The van der Waals surface area contributed by atoms with E-state index in [1.807, 2.05) is 0 Å². The van der Waals surface area contributed by atoms with Gasteiger partial charge in [-0.05, 0) is 6.07 Å². The van der Waals surface area contributed by atoms with Crippen LogP contribution in [-0.2, 0) is 7.05 Å². The number of aryl methyl sites for hydroxylation is 1. The maximum Gasteiger partial charge on any atom is 0.357 e. The van der Waals surface area contributed by atoms with Crippen molar-refractivity contribution in [1.82, 2.24) is 9.78 Å². The van der Waals surface area contributed by atoms with E-state index in [0.29, 0.717) is 0 Å². The summed E-state index contributed by atoms with van der Waals surface area (Å²) in [7, 11) is 1.46. The summed E-state index contributed by atoms with van der Waals surface area (Å²) in [4.78, 5) is 10.7. The van der Waals surface area contributed by atoms with Gasteiger partial charge in [-0.1, -0.05) is 0 Å². The number of fused-ring (bicyclic) bond motifs is 1. The van der Waals surface area contributed by atoms with Crippen molar-refractivity contribution in [2.75, 3.05) is 0 Å². The van der Waals surface area contributed by atoms with Crippen molar-refractivity contribution < 1.29 is 18.7 Å². The Labute approximate surface area is 82.7 Å². The van der Waals surface area contributed by atoms with Crippen LogP contribution in [0.3, 0.4) is 0 Å². The number of carbonyl (C=O) groups is 1. The van der Waals surface area contributed by atoms with Gasteiger partial charge in [0.05, 0.1) is 5.52 Å². The van der Waals surface area contributed by atoms with E-state index in [1.54, 1.807) is 0 Å². The van der Waals surface area contributed by atoms with Gasteiger partial charge in [-0.25, -0.2) is 13.6 Å². The fourth-order valence-electron chi connectivity index (χ4n) is 1.41. The number of halogens is 2. The van der Waals surface area contributed by atoms with Gasteiger partial charge < -0.3 is 5.11 Å². The molecule has 1 aromatic carbocycles. The summed E-state index contributed by atoms with van der Waals surface area (Å²) < 4.78 is 27.0. The molecule has 1 aromatic heterocycles. The monoisotopic (exact) mass is 212 g/mol. The van der Waals surface area contributed by atoms with Crippen molar-refractivity contribution in [3.05, 3.63) is 29.5 Å². The average molecular weight is 212 g/mol. The molecule has 0 saturated heterocycles. The third-order valence-corrected chi connectivity index (χ3v) is 2.09. The summed E-state index contributed by atoms with van der Waals surface area (Å²) in [6.07, 6.45) is 0. The molecule has 0 aliphatic rings. The van der Waals surface area contributed by atoms with E-state index >= 15 is 0 Å². The van der Waals surface area contributed by atoms with Crippen LogP contribution in [0, 0.1) is 11.6 Å². The van der Waals surface area contributed by atoms with Gasteiger partial charge in [0.25, 0.3) is 0 Å². The fraction of sp³-hybridized carbons (Fsp3) is 0.111. The molecule has 15 heavy (non-hydrogen) atoms. The minimum atomic E-state index is -1.27. The lowest BCUT2D eigenvalue weighted by atomic mass is 10.2. The summed E-state index contributed by atoms with van der Waals surface area (Å²) in [5.74, 6) is -3.38. The molecule has 2 aromatic rings. The Morgan fingerprint density at radius 2 is 2.00 bits per heavy atom. The highest BCUT2D eigenvalue weighted by molar-refractivity contribution is 6.01. The molecule has 1 heterocycles. The van der Waals surface area contributed by atoms with Crippen molar-refractivity contribution >= 4 is 16.9 Å². The standard InChI is InChI=1S/C9H6F2N2O2/c1-13-7-3-6(11)5(10)2-4(7)8(12-13)9(14)15/h2-3H,1H3,(H,14,15).